The molecular weight excluding hydrogens is 290 g/mol. The minimum Gasteiger partial charge on any atom is -0.497 e. The molecule has 0 saturated heterocycles. The molecule has 1 heterocycles. The highest BCUT2D eigenvalue weighted by molar-refractivity contribution is 5.84. The van der Waals surface area contributed by atoms with Crippen LogP contribution in [0.4, 0.5) is 0 Å². The lowest BCUT2D eigenvalue weighted by Crippen LogP contribution is -2.01. The van der Waals surface area contributed by atoms with E-state index in [4.69, 9.17) is 4.74 Å². The van der Waals surface area contributed by atoms with Gasteiger partial charge < -0.3 is 4.74 Å². The minimum atomic E-state index is 0.303. The third-order valence-electron chi connectivity index (χ3n) is 3.60. The third kappa shape index (κ3) is 2.85. The molecule has 0 spiro atoms. The summed E-state index contributed by atoms with van der Waals surface area (Å²) in [6.45, 7) is 4.05. The van der Waals surface area contributed by atoms with E-state index in [0.29, 0.717) is 17.1 Å². The molecule has 0 aliphatic rings. The number of carbonyl (C=O) groups is 1. The Balaban J connectivity index is 2.23. The number of rotatable bonds is 4. The van der Waals surface area contributed by atoms with E-state index < -0.39 is 0 Å². The lowest BCUT2D eigenvalue weighted by Gasteiger charge is -2.10. The van der Waals surface area contributed by atoms with Crippen molar-refractivity contribution >= 4 is 6.29 Å². The first-order chi connectivity index (χ1) is 11.1. The number of hydrogen-bond donors (Lipinski definition) is 0. The van der Waals surface area contributed by atoms with E-state index in [-0.39, 0.29) is 0 Å². The molecule has 2 aromatic carbocycles. The molecule has 3 aromatic rings. The third-order valence-corrected chi connectivity index (χ3v) is 3.60. The van der Waals surface area contributed by atoms with Gasteiger partial charge in [-0.25, -0.2) is 4.68 Å². The van der Waals surface area contributed by atoms with Crippen molar-refractivity contribution in [2.75, 3.05) is 7.11 Å². The van der Waals surface area contributed by atoms with Crippen LogP contribution in [0.2, 0.25) is 0 Å². The maximum Gasteiger partial charge on any atom is 0.172 e. The standard InChI is InChI=1S/C18H17N3O2/c1-12-7-13(2)9-15(8-12)21-18(17(11-22)19-20-21)14-5-4-6-16(10-14)23-3/h4-11H,1-3H3. The Hall–Kier alpha value is -2.95. The highest BCUT2D eigenvalue weighted by Gasteiger charge is 2.16. The number of ether oxygens (including phenoxy) is 1. The van der Waals surface area contributed by atoms with Crippen molar-refractivity contribution in [2.24, 2.45) is 0 Å². The molecule has 0 bridgehead atoms. The van der Waals surface area contributed by atoms with E-state index in [2.05, 4.69) is 16.4 Å². The van der Waals surface area contributed by atoms with E-state index in [1.165, 1.54) is 0 Å². The summed E-state index contributed by atoms with van der Waals surface area (Å²) in [6.07, 6.45) is 0.723. The van der Waals surface area contributed by atoms with Crippen molar-refractivity contribution in [1.82, 2.24) is 15.0 Å². The smallest absolute Gasteiger partial charge is 0.172 e. The van der Waals surface area contributed by atoms with Crippen molar-refractivity contribution in [3.05, 3.63) is 59.3 Å². The second-order valence-corrected chi connectivity index (χ2v) is 5.43. The van der Waals surface area contributed by atoms with Gasteiger partial charge in [-0.3, -0.25) is 4.79 Å². The van der Waals surface area contributed by atoms with E-state index >= 15 is 0 Å². The van der Waals surface area contributed by atoms with Gasteiger partial charge in [0, 0.05) is 5.56 Å². The van der Waals surface area contributed by atoms with Crippen LogP contribution in [0, 0.1) is 13.8 Å². The van der Waals surface area contributed by atoms with Gasteiger partial charge in [0.15, 0.2) is 12.0 Å². The number of carbonyl (C=O) groups excluding carboxylic acids is 1. The van der Waals surface area contributed by atoms with Gasteiger partial charge in [-0.1, -0.05) is 23.4 Å². The molecular formula is C18H17N3O2. The number of aryl methyl sites for hydroxylation is 2. The SMILES string of the molecule is COc1cccc(-c2c(C=O)nnn2-c2cc(C)cc(C)c2)c1. The van der Waals surface area contributed by atoms with Crippen LogP contribution in [0.1, 0.15) is 21.6 Å². The molecule has 0 atom stereocenters. The summed E-state index contributed by atoms with van der Waals surface area (Å²) in [5.74, 6) is 0.715. The second kappa shape index (κ2) is 6.04. The van der Waals surface area contributed by atoms with Gasteiger partial charge in [0.25, 0.3) is 0 Å². The zero-order valence-electron chi connectivity index (χ0n) is 13.3. The lowest BCUT2D eigenvalue weighted by molar-refractivity contribution is 0.111. The molecule has 23 heavy (non-hydrogen) atoms. The maximum atomic E-state index is 11.4. The monoisotopic (exact) mass is 307 g/mol. The zero-order chi connectivity index (χ0) is 16.4. The van der Waals surface area contributed by atoms with Crippen molar-refractivity contribution < 1.29 is 9.53 Å². The van der Waals surface area contributed by atoms with Crippen LogP contribution in [0.3, 0.4) is 0 Å². The molecule has 116 valence electrons. The summed E-state index contributed by atoms with van der Waals surface area (Å²) in [4.78, 5) is 11.4. The molecule has 3 rings (SSSR count). The van der Waals surface area contributed by atoms with E-state index in [1.54, 1.807) is 11.8 Å². The van der Waals surface area contributed by atoms with Gasteiger partial charge in [-0.05, 0) is 49.2 Å². The molecule has 0 aliphatic heterocycles. The van der Waals surface area contributed by atoms with Crippen LogP contribution in [0.15, 0.2) is 42.5 Å². The van der Waals surface area contributed by atoms with Crippen LogP contribution >= 0.6 is 0 Å². The molecule has 1 aromatic heterocycles. The predicted octanol–water partition coefficient (Wildman–Crippen LogP) is 3.37. The van der Waals surface area contributed by atoms with Crippen LogP contribution in [0.25, 0.3) is 16.9 Å². The minimum absolute atomic E-state index is 0.303. The summed E-state index contributed by atoms with van der Waals surface area (Å²) in [6, 6.07) is 13.6. The highest BCUT2D eigenvalue weighted by Crippen LogP contribution is 2.28. The van der Waals surface area contributed by atoms with Crippen LogP contribution in [-0.4, -0.2) is 28.4 Å². The number of hydrogen-bond acceptors (Lipinski definition) is 4. The van der Waals surface area contributed by atoms with Gasteiger partial charge in [-0.2, -0.15) is 0 Å². The van der Waals surface area contributed by atoms with Gasteiger partial charge in [0.05, 0.1) is 12.8 Å². The largest absolute Gasteiger partial charge is 0.497 e. The summed E-state index contributed by atoms with van der Waals surface area (Å²) in [5, 5.41) is 8.17. The average Bonchev–Trinajstić information content (AvgIpc) is 2.98. The highest BCUT2D eigenvalue weighted by atomic mass is 16.5. The molecule has 0 amide bonds. The van der Waals surface area contributed by atoms with Gasteiger partial charge in [-0.15, -0.1) is 5.10 Å². The molecule has 5 heteroatoms. The topological polar surface area (TPSA) is 57.0 Å². The van der Waals surface area contributed by atoms with Crippen molar-refractivity contribution in [2.45, 2.75) is 13.8 Å². The Labute approximate surface area is 134 Å². The molecule has 0 unspecified atom stereocenters. The fourth-order valence-electron chi connectivity index (χ4n) is 2.67. The van der Waals surface area contributed by atoms with E-state index in [0.717, 1.165) is 28.7 Å². The number of aldehydes is 1. The summed E-state index contributed by atoms with van der Waals surface area (Å²) in [5.41, 5.74) is 4.91. The lowest BCUT2D eigenvalue weighted by atomic mass is 10.1. The van der Waals surface area contributed by atoms with Gasteiger partial charge in [0.2, 0.25) is 0 Å². The number of aromatic nitrogens is 3. The molecule has 0 fully saturated rings. The Kier molecular flexibility index (Phi) is 3.93. The van der Waals surface area contributed by atoms with Crippen LogP contribution in [-0.2, 0) is 0 Å². The van der Waals surface area contributed by atoms with Crippen molar-refractivity contribution in [3.63, 3.8) is 0 Å². The molecule has 5 nitrogen and oxygen atoms in total. The Bertz CT molecular complexity index is 848. The molecule has 0 saturated carbocycles. The maximum absolute atomic E-state index is 11.4. The normalized spacial score (nSPS) is 10.6. The quantitative estimate of drug-likeness (QED) is 0.693. The molecule has 0 aliphatic carbocycles. The summed E-state index contributed by atoms with van der Waals surface area (Å²) < 4.78 is 6.96. The molecule has 0 radical (unpaired) electrons. The number of methoxy groups -OCH3 is 1. The van der Waals surface area contributed by atoms with Gasteiger partial charge >= 0.3 is 0 Å². The zero-order valence-corrected chi connectivity index (χ0v) is 13.3. The Morgan fingerprint density at radius 1 is 1.09 bits per heavy atom. The number of benzene rings is 2. The molecule has 0 N–H and O–H groups in total. The fourth-order valence-corrected chi connectivity index (χ4v) is 2.67. The van der Waals surface area contributed by atoms with E-state index in [1.807, 2.05) is 50.2 Å². The van der Waals surface area contributed by atoms with Gasteiger partial charge in [0.1, 0.15) is 11.4 Å². The van der Waals surface area contributed by atoms with Crippen molar-refractivity contribution in [3.8, 4) is 22.7 Å². The number of nitrogens with zero attached hydrogens (tertiary/aromatic N) is 3. The van der Waals surface area contributed by atoms with Crippen molar-refractivity contribution in [1.29, 1.82) is 0 Å². The average molecular weight is 307 g/mol. The predicted molar refractivity (Wildman–Crippen MR) is 88.2 cm³/mol. The second-order valence-electron chi connectivity index (χ2n) is 5.43. The Morgan fingerprint density at radius 3 is 2.48 bits per heavy atom. The first kappa shape index (κ1) is 15.0. The van der Waals surface area contributed by atoms with Crippen LogP contribution < -0.4 is 4.74 Å². The summed E-state index contributed by atoms with van der Waals surface area (Å²) >= 11 is 0. The summed E-state index contributed by atoms with van der Waals surface area (Å²) in [7, 11) is 1.61. The first-order valence-corrected chi connectivity index (χ1v) is 7.26. The van der Waals surface area contributed by atoms with E-state index in [9.17, 15) is 4.79 Å². The first-order valence-electron chi connectivity index (χ1n) is 7.26. The fraction of sp³-hybridized carbons (Fsp3) is 0.167. The Morgan fingerprint density at radius 2 is 1.83 bits per heavy atom. The van der Waals surface area contributed by atoms with Crippen LogP contribution in [0.5, 0.6) is 5.75 Å².